The van der Waals surface area contributed by atoms with Crippen molar-refractivity contribution in [2.75, 3.05) is 7.11 Å². The molecule has 0 amide bonds. The van der Waals surface area contributed by atoms with Crippen molar-refractivity contribution >= 4 is 5.97 Å². The van der Waals surface area contributed by atoms with Crippen LogP contribution in [0.3, 0.4) is 0 Å². The van der Waals surface area contributed by atoms with E-state index in [9.17, 15) is 15.0 Å². The van der Waals surface area contributed by atoms with Crippen molar-refractivity contribution in [2.45, 2.75) is 139 Å². The summed E-state index contributed by atoms with van der Waals surface area (Å²) in [5.74, 6) is -1.24. The van der Waals surface area contributed by atoms with Gasteiger partial charge in [-0.2, -0.15) is 0 Å². The molecule has 0 heterocycles. The molecule has 4 nitrogen and oxygen atoms in total. The predicted molar refractivity (Wildman–Crippen MR) is 200 cm³/mol. The van der Waals surface area contributed by atoms with Crippen LogP contribution in [0.5, 0.6) is 11.5 Å². The molecule has 4 heteroatoms. The number of hydrogen-bond acceptors (Lipinski definition) is 3. The van der Waals surface area contributed by atoms with Crippen LogP contribution in [0.2, 0.25) is 0 Å². The van der Waals surface area contributed by atoms with E-state index in [4.69, 9.17) is 4.74 Å². The molecular formula is C43H63O4-. The van der Waals surface area contributed by atoms with Crippen molar-refractivity contribution in [1.29, 1.82) is 0 Å². The Labute approximate surface area is 287 Å². The molecule has 0 fully saturated rings. The maximum Gasteiger partial charge on any atom is 0.335 e. The zero-order valence-electron chi connectivity index (χ0n) is 31.1. The molecular weight excluding hydrogens is 580 g/mol. The fraction of sp³-hybridized carbons (Fsp3) is 0.512. The van der Waals surface area contributed by atoms with Gasteiger partial charge in [-0.25, -0.2) is 4.79 Å². The third kappa shape index (κ3) is 19.7. The van der Waals surface area contributed by atoms with E-state index in [2.05, 4.69) is 91.8 Å². The highest BCUT2D eigenvalue weighted by atomic mass is 16.5. The Morgan fingerprint density at radius 1 is 0.596 bits per heavy atom. The standard InChI is InChI=1S/C43H64O4/c1-32(2)16-10-17-33(3)18-11-19-34(4)20-12-21-35(5)22-13-23-36(6)24-14-25-37(7)26-15-27-38(8)28-29-39-30-40(43(45)46)31-41(47-9)42(39)44/h16,18,20,22,24,26,28,30-31,44H,10-15,17,19,21,23,25,27,29H2,1-9H3,(H,45,46)/p-1/b33-18+,34-20+,35-22+,36-24+,37-26+,38-28+. The van der Waals surface area contributed by atoms with E-state index in [0.717, 1.165) is 70.6 Å². The van der Waals surface area contributed by atoms with Crippen molar-refractivity contribution in [3.63, 3.8) is 0 Å². The molecule has 1 N–H and O–H groups in total. The molecule has 0 aliphatic carbocycles. The first-order valence-electron chi connectivity index (χ1n) is 17.5. The van der Waals surface area contributed by atoms with Crippen LogP contribution in [0, 0.1) is 0 Å². The summed E-state index contributed by atoms with van der Waals surface area (Å²) in [6.07, 6.45) is 29.8. The van der Waals surface area contributed by atoms with Crippen LogP contribution in [-0.2, 0) is 6.42 Å². The van der Waals surface area contributed by atoms with Gasteiger partial charge < -0.3 is 14.9 Å². The van der Waals surface area contributed by atoms with Gasteiger partial charge in [0.1, 0.15) is 5.75 Å². The van der Waals surface area contributed by atoms with Gasteiger partial charge in [0.2, 0.25) is 0 Å². The molecule has 0 saturated carbocycles. The first-order chi connectivity index (χ1) is 22.3. The highest BCUT2D eigenvalue weighted by molar-refractivity contribution is 5.89. The molecule has 0 atom stereocenters. The van der Waals surface area contributed by atoms with Gasteiger partial charge in [-0.1, -0.05) is 87.3 Å². The number of allylic oxidation sites excluding steroid dienone is 14. The van der Waals surface area contributed by atoms with E-state index in [1.807, 2.05) is 6.08 Å². The third-order valence-electron chi connectivity index (χ3n) is 8.52. The summed E-state index contributed by atoms with van der Waals surface area (Å²) in [6, 6.07) is 2.73. The number of carbonyl (C=O) groups is 1. The highest BCUT2D eigenvalue weighted by Gasteiger charge is 2.09. The zero-order chi connectivity index (χ0) is 35.2. The predicted octanol–water partition coefficient (Wildman–Crippen LogP) is 12.3. The Kier molecular flexibility index (Phi) is 21.0. The van der Waals surface area contributed by atoms with Crippen LogP contribution in [0.1, 0.15) is 148 Å². The number of carboxylic acids is 1. The van der Waals surface area contributed by atoms with Crippen molar-refractivity contribution in [1.82, 2.24) is 0 Å². The quantitative estimate of drug-likeness (QED) is 0.128. The Balaban J connectivity index is 2.36. The van der Waals surface area contributed by atoms with Crippen LogP contribution in [0.25, 0.3) is 0 Å². The van der Waals surface area contributed by atoms with Crippen LogP contribution in [0.15, 0.2) is 93.7 Å². The first-order valence-corrected chi connectivity index (χ1v) is 17.5. The maximum atomic E-state index is 12.5. The van der Waals surface area contributed by atoms with E-state index < -0.39 is 5.97 Å². The molecule has 47 heavy (non-hydrogen) atoms. The molecule has 0 spiro atoms. The molecule has 1 aromatic rings. The van der Waals surface area contributed by atoms with Crippen LogP contribution >= 0.6 is 0 Å². The van der Waals surface area contributed by atoms with Gasteiger partial charge in [-0.05, 0) is 157 Å². The Hall–Kier alpha value is -3.53. The van der Waals surface area contributed by atoms with Gasteiger partial charge in [0.25, 0.3) is 0 Å². The van der Waals surface area contributed by atoms with Crippen LogP contribution in [-0.4, -0.2) is 18.2 Å². The Morgan fingerprint density at radius 3 is 1.26 bits per heavy atom. The minimum Gasteiger partial charge on any atom is -0.870 e. The molecule has 0 unspecified atom stereocenters. The lowest BCUT2D eigenvalue weighted by molar-refractivity contribution is -0.271. The SMILES string of the molecule is COc1cc(C(=O)O)cc(C/C=C(\C)CC/C=C(\C)CC/C=C(\C)CC/C=C(\C)CC/C=C(\C)CC/C=C(\C)CCC=C(C)C)c1[O-]. The van der Waals surface area contributed by atoms with Gasteiger partial charge in [-0.15, -0.1) is 0 Å². The minimum atomic E-state index is -1.07. The summed E-state index contributed by atoms with van der Waals surface area (Å²) in [6.45, 7) is 17.6. The number of benzene rings is 1. The maximum absolute atomic E-state index is 12.5. The smallest absolute Gasteiger partial charge is 0.335 e. The average Bonchev–Trinajstić information content (AvgIpc) is 3.00. The normalized spacial score (nSPS) is 13.6. The van der Waals surface area contributed by atoms with Gasteiger partial charge in [0, 0.05) is 0 Å². The monoisotopic (exact) mass is 643 g/mol. The van der Waals surface area contributed by atoms with Gasteiger partial charge in [0.05, 0.1) is 12.7 Å². The van der Waals surface area contributed by atoms with E-state index in [0.29, 0.717) is 12.0 Å². The Bertz CT molecular complexity index is 1340. The number of hydrogen-bond donors (Lipinski definition) is 1. The summed E-state index contributed by atoms with van der Waals surface area (Å²) in [5.41, 5.74) is 10.5. The second-order valence-corrected chi connectivity index (χ2v) is 13.5. The molecule has 0 aliphatic heterocycles. The average molecular weight is 644 g/mol. The molecule has 260 valence electrons. The van der Waals surface area contributed by atoms with Gasteiger partial charge >= 0.3 is 5.97 Å². The van der Waals surface area contributed by atoms with Gasteiger partial charge in [-0.3, -0.25) is 0 Å². The largest absolute Gasteiger partial charge is 0.870 e. The lowest BCUT2D eigenvalue weighted by atomic mass is 10.0. The number of aromatic carboxylic acids is 1. The summed E-state index contributed by atoms with van der Waals surface area (Å²) in [5, 5.41) is 21.8. The van der Waals surface area contributed by atoms with E-state index in [-0.39, 0.29) is 17.1 Å². The van der Waals surface area contributed by atoms with Crippen molar-refractivity contribution in [3.8, 4) is 11.5 Å². The molecule has 0 saturated heterocycles. The van der Waals surface area contributed by atoms with Crippen molar-refractivity contribution in [2.24, 2.45) is 0 Å². The molecule has 0 aromatic heterocycles. The molecule has 0 aliphatic rings. The Morgan fingerprint density at radius 2 is 0.936 bits per heavy atom. The first kappa shape index (κ1) is 41.5. The number of ether oxygens (including phenoxy) is 1. The third-order valence-corrected chi connectivity index (χ3v) is 8.52. The molecule has 0 radical (unpaired) electrons. The molecule has 1 rings (SSSR count). The summed E-state index contributed by atoms with van der Waals surface area (Å²) in [7, 11) is 1.38. The van der Waals surface area contributed by atoms with E-state index >= 15 is 0 Å². The molecule has 0 bridgehead atoms. The van der Waals surface area contributed by atoms with E-state index in [1.54, 1.807) is 0 Å². The van der Waals surface area contributed by atoms with Gasteiger partial charge in [0.15, 0.2) is 0 Å². The van der Waals surface area contributed by atoms with Crippen molar-refractivity contribution < 1.29 is 19.7 Å². The fourth-order valence-electron chi connectivity index (χ4n) is 5.30. The lowest BCUT2D eigenvalue weighted by Gasteiger charge is -2.18. The minimum absolute atomic E-state index is 0.0709. The van der Waals surface area contributed by atoms with Crippen LogP contribution in [0.4, 0.5) is 0 Å². The van der Waals surface area contributed by atoms with Crippen LogP contribution < -0.4 is 9.84 Å². The second kappa shape index (κ2) is 23.7. The molecule has 1 aromatic carbocycles. The zero-order valence-corrected chi connectivity index (χ0v) is 31.1. The summed E-state index contributed by atoms with van der Waals surface area (Å²) < 4.78 is 5.08. The fourth-order valence-corrected chi connectivity index (χ4v) is 5.30. The summed E-state index contributed by atoms with van der Waals surface area (Å²) in [4.78, 5) is 11.4. The van der Waals surface area contributed by atoms with Crippen molar-refractivity contribution in [3.05, 3.63) is 105 Å². The number of methoxy groups -OCH3 is 1. The highest BCUT2D eigenvalue weighted by Crippen LogP contribution is 2.30. The number of carboxylic acid groups (broad SMARTS) is 1. The van der Waals surface area contributed by atoms with E-state index in [1.165, 1.54) is 64.7 Å². The second-order valence-electron chi connectivity index (χ2n) is 13.5. The summed E-state index contributed by atoms with van der Waals surface area (Å²) >= 11 is 0. The topological polar surface area (TPSA) is 69.6 Å². The lowest BCUT2D eigenvalue weighted by Crippen LogP contribution is -2.05. The number of rotatable bonds is 22.